The van der Waals surface area contributed by atoms with Gasteiger partial charge in [-0.2, -0.15) is 8.78 Å². The molecule has 1 aliphatic carbocycles. The molecule has 0 aromatic carbocycles. The van der Waals surface area contributed by atoms with E-state index in [1.54, 1.807) is 0 Å². The van der Waals surface area contributed by atoms with Crippen molar-refractivity contribution in [1.82, 2.24) is 0 Å². The summed E-state index contributed by atoms with van der Waals surface area (Å²) in [6.45, 7) is 1.54. The molecule has 142 valence electrons. The number of aliphatic hydroxyl groups is 1. The minimum Gasteiger partial charge on any atom is -0.505 e. The average molecular weight is 415 g/mol. The maximum atomic E-state index is 14.2. The first-order valence-electron chi connectivity index (χ1n) is 7.59. The Morgan fingerprint density at radius 3 is 2.74 bits per heavy atom. The number of halogens is 3. The fourth-order valence-corrected chi connectivity index (χ4v) is 4.48. The van der Waals surface area contributed by atoms with E-state index in [9.17, 15) is 27.9 Å². The molecular weight excluding hydrogens is 403 g/mol. The van der Waals surface area contributed by atoms with Crippen LogP contribution in [0.3, 0.4) is 0 Å². The van der Waals surface area contributed by atoms with Gasteiger partial charge in [-0.15, -0.1) is 11.3 Å². The normalized spacial score (nSPS) is 17.0. The van der Waals surface area contributed by atoms with Gasteiger partial charge in [0.2, 0.25) is 0 Å². The molecule has 0 radical (unpaired) electrons. The quantitative estimate of drug-likeness (QED) is 0.510. The van der Waals surface area contributed by atoms with Gasteiger partial charge in [0.15, 0.2) is 11.5 Å². The van der Waals surface area contributed by atoms with Crippen LogP contribution in [-0.4, -0.2) is 33.4 Å². The first kappa shape index (κ1) is 19.4. The molecule has 2 heterocycles. The molecule has 0 unspecified atom stereocenters. The lowest BCUT2D eigenvalue weighted by Gasteiger charge is -2.19. The molecule has 2 aliphatic rings. The lowest BCUT2D eigenvalue weighted by atomic mass is 9.85. The van der Waals surface area contributed by atoms with Crippen LogP contribution in [0.4, 0.5) is 13.2 Å². The van der Waals surface area contributed by atoms with E-state index < -0.39 is 41.1 Å². The topological polar surface area (TPSA) is 87.0 Å². The molecule has 0 atom stereocenters. The fourth-order valence-electron chi connectivity index (χ4n) is 2.91. The predicted octanol–water partition coefficient (Wildman–Crippen LogP) is 4.89. The van der Waals surface area contributed by atoms with Crippen LogP contribution >= 0.6 is 23.1 Å². The number of carboxylic acids is 1. The van der Waals surface area contributed by atoms with Gasteiger partial charge >= 0.3 is 5.97 Å². The van der Waals surface area contributed by atoms with Crippen LogP contribution in [0, 0.1) is 0 Å². The number of nitrogens with zero attached hydrogens (tertiary/aromatic N) is 1. The van der Waals surface area contributed by atoms with Crippen molar-refractivity contribution in [3.8, 4) is 0 Å². The van der Waals surface area contributed by atoms with Crippen LogP contribution in [0.1, 0.15) is 30.1 Å². The minimum absolute atomic E-state index is 0.00507. The number of aliphatic hydroxyl groups excluding tert-OH is 1. The van der Waals surface area contributed by atoms with Crippen LogP contribution in [-0.2, 0) is 4.79 Å². The van der Waals surface area contributed by atoms with E-state index in [0.717, 1.165) is 11.3 Å². The van der Waals surface area contributed by atoms with E-state index in [4.69, 9.17) is 5.11 Å². The number of rotatable bonds is 6. The second-order valence-corrected chi connectivity index (χ2v) is 7.94. The molecule has 0 amide bonds. The number of allylic oxidation sites excluding steroid dienone is 4. The van der Waals surface area contributed by atoms with Gasteiger partial charge in [0.25, 0.3) is 5.76 Å². The number of hydrogen-bond donors (Lipinski definition) is 2. The average Bonchev–Trinajstić information content (AvgIpc) is 3.13. The zero-order valence-corrected chi connectivity index (χ0v) is 15.4. The molecule has 0 spiro atoms. The lowest BCUT2D eigenvalue weighted by molar-refractivity contribution is -0.136. The second-order valence-electron chi connectivity index (χ2n) is 5.74. The lowest BCUT2D eigenvalue weighted by Crippen LogP contribution is -2.20. The van der Waals surface area contributed by atoms with E-state index in [2.05, 4.69) is 4.99 Å². The monoisotopic (exact) mass is 415 g/mol. The summed E-state index contributed by atoms with van der Waals surface area (Å²) in [7, 11) is 0. The van der Waals surface area contributed by atoms with E-state index in [1.165, 1.54) is 18.4 Å². The summed E-state index contributed by atoms with van der Waals surface area (Å²) in [4.78, 5) is 28.2. The summed E-state index contributed by atoms with van der Waals surface area (Å²) < 4.78 is 39.3. The number of hydrogen-bond acceptors (Lipinski definition) is 6. The number of carbonyl (C=O) groups excluding carboxylic acids is 1. The molecule has 1 aliphatic heterocycles. The summed E-state index contributed by atoms with van der Waals surface area (Å²) in [5.74, 6) is -6.43. The Morgan fingerprint density at radius 1 is 1.41 bits per heavy atom. The molecule has 27 heavy (non-hydrogen) atoms. The van der Waals surface area contributed by atoms with Crippen LogP contribution in [0.5, 0.6) is 0 Å². The third kappa shape index (κ3) is 3.72. The number of fused-ring (bicyclic) bond motifs is 1. The van der Waals surface area contributed by atoms with Crippen LogP contribution in [0.15, 0.2) is 54.7 Å². The van der Waals surface area contributed by atoms with Crippen molar-refractivity contribution < 1.29 is 33.0 Å². The van der Waals surface area contributed by atoms with E-state index >= 15 is 0 Å². The molecule has 0 fully saturated rings. The number of alkyl halides is 2. The smallest absolute Gasteiger partial charge is 0.307 e. The number of thioether (sulfide) groups is 1. The first-order valence-corrected chi connectivity index (χ1v) is 9.35. The maximum absolute atomic E-state index is 14.2. The van der Waals surface area contributed by atoms with Gasteiger partial charge < -0.3 is 10.2 Å². The van der Waals surface area contributed by atoms with Gasteiger partial charge in [-0.25, -0.2) is 4.39 Å². The largest absolute Gasteiger partial charge is 0.505 e. The Balaban J connectivity index is 2.10. The van der Waals surface area contributed by atoms with Gasteiger partial charge in [-0.3, -0.25) is 14.6 Å². The van der Waals surface area contributed by atoms with Crippen molar-refractivity contribution in [2.75, 3.05) is 0 Å². The van der Waals surface area contributed by atoms with Gasteiger partial charge in [0, 0.05) is 28.6 Å². The Kier molecular flexibility index (Phi) is 5.29. The molecule has 5 nitrogen and oxygen atoms in total. The number of carboxylic acid groups (broad SMARTS) is 1. The van der Waals surface area contributed by atoms with Crippen molar-refractivity contribution >= 4 is 40.6 Å². The predicted molar refractivity (Wildman–Crippen MR) is 95.3 cm³/mol. The Labute approximate surface area is 159 Å². The summed E-state index contributed by atoms with van der Waals surface area (Å²) in [5.41, 5.74) is 0.433. The molecule has 2 N–H and O–H groups in total. The highest BCUT2D eigenvalue weighted by atomic mass is 32.2. The standard InChI is InChI=1S/C17H12F3NO4S2/c1-6-8(3-11(22)23)13-10(21-6)4-9(18)16(25)14(13)15(24)7-2-12(26-5-7)27-17(19)20/h2,5,17,25H,3-4H2,1H3,(H,22,23). The number of thiophene rings is 1. The van der Waals surface area contributed by atoms with Gasteiger partial charge in [-0.1, -0.05) is 0 Å². The van der Waals surface area contributed by atoms with Crippen LogP contribution in [0.25, 0.3) is 0 Å². The highest BCUT2D eigenvalue weighted by molar-refractivity contribution is 8.01. The van der Waals surface area contributed by atoms with Crippen LogP contribution in [0.2, 0.25) is 0 Å². The van der Waals surface area contributed by atoms with E-state index in [1.807, 2.05) is 0 Å². The zero-order chi connectivity index (χ0) is 19.9. The number of aliphatic carboxylic acids is 1. The van der Waals surface area contributed by atoms with Crippen molar-refractivity contribution in [3.63, 3.8) is 0 Å². The summed E-state index contributed by atoms with van der Waals surface area (Å²) >= 11 is 1.19. The molecule has 10 heteroatoms. The molecular formula is C17H12F3NO4S2. The molecule has 0 bridgehead atoms. The SMILES string of the molecule is CC1=C(CC(=O)O)C2=C(C(=O)c3csc(SC(F)F)c3)C(O)=C(F)CC2=N1. The molecule has 1 aromatic heterocycles. The number of aliphatic imine (C=N–C) groups is 1. The summed E-state index contributed by atoms with van der Waals surface area (Å²) in [6.07, 6.45) is -0.801. The number of carbonyl (C=O) groups is 2. The van der Waals surface area contributed by atoms with E-state index in [-0.39, 0.29) is 44.8 Å². The third-order valence-electron chi connectivity index (χ3n) is 3.99. The van der Waals surface area contributed by atoms with Crippen molar-refractivity contribution in [2.24, 2.45) is 4.99 Å². The van der Waals surface area contributed by atoms with E-state index in [0.29, 0.717) is 5.70 Å². The van der Waals surface area contributed by atoms with Crippen molar-refractivity contribution in [1.29, 1.82) is 0 Å². The van der Waals surface area contributed by atoms with Gasteiger partial charge in [-0.05, 0) is 30.3 Å². The Bertz CT molecular complexity index is 973. The first-order chi connectivity index (χ1) is 12.7. The highest BCUT2D eigenvalue weighted by Gasteiger charge is 2.37. The van der Waals surface area contributed by atoms with Crippen LogP contribution < -0.4 is 0 Å². The number of ketones is 1. The number of Topliss-reactive ketones (excluding diaryl/α,β-unsaturated/α-hetero) is 1. The highest BCUT2D eigenvalue weighted by Crippen LogP contribution is 2.41. The van der Waals surface area contributed by atoms with Gasteiger partial charge in [0.05, 0.1) is 21.9 Å². The third-order valence-corrected chi connectivity index (χ3v) is 5.82. The minimum atomic E-state index is -2.66. The van der Waals surface area contributed by atoms with Gasteiger partial charge in [0.1, 0.15) is 5.83 Å². The zero-order valence-electron chi connectivity index (χ0n) is 13.8. The summed E-state index contributed by atoms with van der Waals surface area (Å²) in [6, 6.07) is 1.23. The Hall–Kier alpha value is -2.33. The molecule has 0 saturated heterocycles. The molecule has 3 rings (SSSR count). The Morgan fingerprint density at radius 2 is 2.11 bits per heavy atom. The van der Waals surface area contributed by atoms with Crippen molar-refractivity contribution in [3.05, 3.63) is 51.0 Å². The maximum Gasteiger partial charge on any atom is 0.307 e. The second kappa shape index (κ2) is 7.35. The molecule has 0 saturated carbocycles. The fraction of sp³-hybridized carbons (Fsp3) is 0.235. The summed E-state index contributed by atoms with van der Waals surface area (Å²) in [5, 5.41) is 20.6. The molecule has 1 aromatic rings. The van der Waals surface area contributed by atoms with Crippen molar-refractivity contribution in [2.45, 2.75) is 29.7 Å².